The number of nitrogens with zero attached hydrogens (tertiary/aromatic N) is 3. The molecule has 0 radical (unpaired) electrons. The Hall–Kier alpha value is -2.22. The summed E-state index contributed by atoms with van der Waals surface area (Å²) >= 11 is 0. The summed E-state index contributed by atoms with van der Waals surface area (Å²) in [5.41, 5.74) is 1.18. The van der Waals surface area contributed by atoms with Crippen LogP contribution in [0.3, 0.4) is 0 Å². The first-order valence-corrected chi connectivity index (χ1v) is 10.9. The zero-order valence-electron chi connectivity index (χ0n) is 16.2. The monoisotopic (exact) mass is 399 g/mol. The van der Waals surface area contributed by atoms with Crippen LogP contribution in [0.4, 0.5) is 0 Å². The maximum atomic E-state index is 13.4. The van der Waals surface area contributed by atoms with E-state index in [-0.39, 0.29) is 5.91 Å². The number of amides is 1. The molecule has 2 heterocycles. The summed E-state index contributed by atoms with van der Waals surface area (Å²) in [6.07, 6.45) is 0.677. The second-order valence-electron chi connectivity index (χ2n) is 7.77. The van der Waals surface area contributed by atoms with E-state index < -0.39 is 15.6 Å². The fraction of sp³-hybridized carbons (Fsp3) is 0.381. The number of hydrogen-bond acceptors (Lipinski definition) is 4. The molecule has 2 aliphatic rings. The molecule has 28 heavy (non-hydrogen) atoms. The number of carbonyl (C=O) groups excluding carboxylic acids is 1. The SMILES string of the molecule is CN(C)C(=O)CN1CC[C@]2(C1)c1ccccc1S(=O)(=O)N2Cc1ccccc1. The Morgan fingerprint density at radius 3 is 2.46 bits per heavy atom. The average Bonchev–Trinajstić information content (AvgIpc) is 3.17. The first-order chi connectivity index (χ1) is 13.3. The normalized spacial score (nSPS) is 23.8. The van der Waals surface area contributed by atoms with Crippen molar-refractivity contribution in [3.05, 3.63) is 65.7 Å². The van der Waals surface area contributed by atoms with Crippen molar-refractivity contribution in [3.63, 3.8) is 0 Å². The summed E-state index contributed by atoms with van der Waals surface area (Å²) < 4.78 is 28.5. The molecule has 1 spiro atoms. The van der Waals surface area contributed by atoms with Crippen LogP contribution in [0.15, 0.2) is 59.5 Å². The van der Waals surface area contributed by atoms with Gasteiger partial charge < -0.3 is 4.90 Å². The Morgan fingerprint density at radius 1 is 1.07 bits per heavy atom. The smallest absolute Gasteiger partial charge is 0.244 e. The number of carbonyl (C=O) groups is 1. The zero-order chi connectivity index (χ0) is 19.9. The Morgan fingerprint density at radius 2 is 1.75 bits per heavy atom. The molecule has 0 aliphatic carbocycles. The molecule has 0 unspecified atom stereocenters. The summed E-state index contributed by atoms with van der Waals surface area (Å²) in [5, 5.41) is 0. The number of benzene rings is 2. The average molecular weight is 400 g/mol. The molecular formula is C21H25N3O3S. The molecule has 2 aromatic carbocycles. The minimum absolute atomic E-state index is 0.0285. The van der Waals surface area contributed by atoms with Crippen LogP contribution < -0.4 is 0 Å². The number of likely N-dealkylation sites (N-methyl/N-ethyl adjacent to an activating group) is 1. The second-order valence-corrected chi connectivity index (χ2v) is 9.60. The summed E-state index contributed by atoms with van der Waals surface area (Å²) in [6.45, 7) is 1.84. The van der Waals surface area contributed by atoms with Crippen LogP contribution in [0.25, 0.3) is 0 Å². The molecule has 4 rings (SSSR count). The summed E-state index contributed by atoms with van der Waals surface area (Å²) in [6, 6.07) is 17.0. The molecule has 0 bridgehead atoms. The van der Waals surface area contributed by atoms with Gasteiger partial charge in [0, 0.05) is 33.7 Å². The van der Waals surface area contributed by atoms with Crippen molar-refractivity contribution >= 4 is 15.9 Å². The van der Waals surface area contributed by atoms with Gasteiger partial charge in [0.25, 0.3) is 0 Å². The molecule has 0 aromatic heterocycles. The molecule has 148 valence electrons. The Labute approximate surface area is 166 Å². The van der Waals surface area contributed by atoms with Crippen LogP contribution in [0, 0.1) is 0 Å². The number of sulfonamides is 1. The van der Waals surface area contributed by atoms with Crippen LogP contribution in [-0.2, 0) is 26.9 Å². The van der Waals surface area contributed by atoms with Gasteiger partial charge in [0.2, 0.25) is 15.9 Å². The van der Waals surface area contributed by atoms with E-state index in [1.54, 1.807) is 35.4 Å². The first-order valence-electron chi connectivity index (χ1n) is 9.43. The standard InChI is InChI=1S/C21H25N3O3S/c1-22(2)20(25)15-23-13-12-21(16-23)18-10-6-7-11-19(18)28(26,27)24(21)14-17-8-4-3-5-9-17/h3-11H,12-16H2,1-2H3/t21-/m0/s1. The number of likely N-dealkylation sites (tertiary alicyclic amines) is 1. The van der Waals surface area contributed by atoms with Crippen molar-refractivity contribution in [1.82, 2.24) is 14.1 Å². The van der Waals surface area contributed by atoms with Crippen LogP contribution in [0.5, 0.6) is 0 Å². The van der Waals surface area contributed by atoms with Crippen molar-refractivity contribution in [3.8, 4) is 0 Å². The Bertz CT molecular complexity index is 991. The molecule has 1 amide bonds. The number of hydrogen-bond donors (Lipinski definition) is 0. The summed E-state index contributed by atoms with van der Waals surface area (Å²) in [5.74, 6) is 0.0285. The van der Waals surface area contributed by atoms with Gasteiger partial charge in [-0.1, -0.05) is 48.5 Å². The molecule has 1 saturated heterocycles. The van der Waals surface area contributed by atoms with E-state index in [0.717, 1.165) is 11.1 Å². The van der Waals surface area contributed by atoms with E-state index in [2.05, 4.69) is 4.90 Å². The molecular weight excluding hydrogens is 374 g/mol. The number of fused-ring (bicyclic) bond motifs is 2. The zero-order valence-corrected chi connectivity index (χ0v) is 17.0. The topological polar surface area (TPSA) is 60.9 Å². The van der Waals surface area contributed by atoms with E-state index in [4.69, 9.17) is 0 Å². The molecule has 2 aromatic rings. The van der Waals surface area contributed by atoms with Gasteiger partial charge in [-0.3, -0.25) is 9.69 Å². The van der Waals surface area contributed by atoms with Crippen molar-refractivity contribution < 1.29 is 13.2 Å². The van der Waals surface area contributed by atoms with Gasteiger partial charge in [-0.15, -0.1) is 0 Å². The predicted molar refractivity (Wildman–Crippen MR) is 107 cm³/mol. The van der Waals surface area contributed by atoms with E-state index in [9.17, 15) is 13.2 Å². The largest absolute Gasteiger partial charge is 0.348 e. The molecule has 0 N–H and O–H groups in total. The minimum Gasteiger partial charge on any atom is -0.348 e. The lowest BCUT2D eigenvalue weighted by Crippen LogP contribution is -2.46. The third-order valence-electron chi connectivity index (χ3n) is 5.79. The second kappa shape index (κ2) is 6.99. The van der Waals surface area contributed by atoms with Crippen molar-refractivity contribution in [1.29, 1.82) is 0 Å². The predicted octanol–water partition coefficient (Wildman–Crippen LogP) is 1.88. The van der Waals surface area contributed by atoms with E-state index in [0.29, 0.717) is 37.5 Å². The van der Waals surface area contributed by atoms with E-state index in [1.807, 2.05) is 42.5 Å². The van der Waals surface area contributed by atoms with Crippen molar-refractivity contribution in [2.24, 2.45) is 0 Å². The Kier molecular flexibility index (Phi) is 4.77. The third-order valence-corrected chi connectivity index (χ3v) is 7.76. The fourth-order valence-corrected chi connectivity index (χ4v) is 6.36. The molecule has 1 atom stereocenters. The van der Waals surface area contributed by atoms with Crippen molar-refractivity contribution in [2.45, 2.75) is 23.4 Å². The van der Waals surface area contributed by atoms with Gasteiger partial charge in [-0.25, -0.2) is 8.42 Å². The van der Waals surface area contributed by atoms with Gasteiger partial charge in [-0.05, 0) is 23.6 Å². The summed E-state index contributed by atoms with van der Waals surface area (Å²) in [7, 11) is -0.111. The maximum absolute atomic E-state index is 13.4. The van der Waals surface area contributed by atoms with Crippen molar-refractivity contribution in [2.75, 3.05) is 33.7 Å². The molecule has 2 aliphatic heterocycles. The van der Waals surface area contributed by atoms with Crippen LogP contribution in [0.1, 0.15) is 17.5 Å². The molecule has 7 heteroatoms. The first kappa shape index (κ1) is 19.1. The molecule has 0 saturated carbocycles. The quantitative estimate of drug-likeness (QED) is 0.788. The van der Waals surface area contributed by atoms with Gasteiger partial charge in [-0.2, -0.15) is 4.31 Å². The lowest BCUT2D eigenvalue weighted by atomic mass is 9.88. The van der Waals surface area contributed by atoms with Crippen LogP contribution in [0.2, 0.25) is 0 Å². The number of rotatable bonds is 4. The van der Waals surface area contributed by atoms with Crippen LogP contribution >= 0.6 is 0 Å². The highest BCUT2D eigenvalue weighted by atomic mass is 32.2. The lowest BCUT2D eigenvalue weighted by molar-refractivity contribution is -0.129. The van der Waals surface area contributed by atoms with Gasteiger partial charge in [0.15, 0.2) is 0 Å². The Balaban J connectivity index is 1.73. The fourth-order valence-electron chi connectivity index (χ4n) is 4.31. The van der Waals surface area contributed by atoms with E-state index in [1.165, 1.54) is 0 Å². The molecule has 1 fully saturated rings. The highest BCUT2D eigenvalue weighted by Crippen LogP contribution is 2.49. The lowest BCUT2D eigenvalue weighted by Gasteiger charge is -2.34. The van der Waals surface area contributed by atoms with Gasteiger partial charge in [0.1, 0.15) is 0 Å². The third kappa shape index (κ3) is 3.03. The van der Waals surface area contributed by atoms with E-state index >= 15 is 0 Å². The van der Waals surface area contributed by atoms with Gasteiger partial charge >= 0.3 is 0 Å². The van der Waals surface area contributed by atoms with Crippen LogP contribution in [-0.4, -0.2) is 62.2 Å². The highest BCUT2D eigenvalue weighted by molar-refractivity contribution is 7.89. The molecule has 6 nitrogen and oxygen atoms in total. The minimum atomic E-state index is -3.59. The maximum Gasteiger partial charge on any atom is 0.244 e. The van der Waals surface area contributed by atoms with Gasteiger partial charge in [0.05, 0.1) is 17.0 Å². The summed E-state index contributed by atoms with van der Waals surface area (Å²) in [4.78, 5) is 16.2. The highest BCUT2D eigenvalue weighted by Gasteiger charge is 2.56.